The minimum Gasteiger partial charge on any atom is -0.372 e. The van der Waals surface area contributed by atoms with Crippen LogP contribution in [0.3, 0.4) is 0 Å². The Morgan fingerprint density at radius 1 is 0.909 bits per heavy atom. The largest absolute Gasteiger partial charge is 0.372 e. The van der Waals surface area contributed by atoms with Crippen molar-refractivity contribution in [2.45, 2.75) is 25.8 Å². The van der Waals surface area contributed by atoms with Crippen LogP contribution in [0.4, 0.5) is 5.69 Å². The highest BCUT2D eigenvalue weighted by molar-refractivity contribution is 5.78. The van der Waals surface area contributed by atoms with Crippen molar-refractivity contribution < 1.29 is 4.79 Å². The number of carbonyl (C=O) groups excluding carboxylic acids is 1. The smallest absolute Gasteiger partial charge is 0.224 e. The van der Waals surface area contributed by atoms with Gasteiger partial charge in [0, 0.05) is 25.3 Å². The molecule has 0 radical (unpaired) electrons. The summed E-state index contributed by atoms with van der Waals surface area (Å²) >= 11 is 0. The normalized spacial score (nSPS) is 14.1. The van der Waals surface area contributed by atoms with Crippen molar-refractivity contribution in [3.8, 4) is 0 Å². The lowest BCUT2D eigenvalue weighted by Crippen LogP contribution is -2.24. The number of nitrogens with one attached hydrogen (secondary N) is 1. The van der Waals surface area contributed by atoms with Gasteiger partial charge in [0.15, 0.2) is 0 Å². The summed E-state index contributed by atoms with van der Waals surface area (Å²) in [5.74, 6) is 0.0646. The van der Waals surface area contributed by atoms with Crippen molar-refractivity contribution in [1.29, 1.82) is 0 Å². The molecule has 2 aromatic rings. The first-order chi connectivity index (χ1) is 10.8. The van der Waals surface area contributed by atoms with E-state index in [1.807, 2.05) is 30.3 Å². The SMILES string of the molecule is O=C(Cc1ccccc1)NCc1ccc(N2CCCC2)cc1. The van der Waals surface area contributed by atoms with Crippen LogP contribution in [0.5, 0.6) is 0 Å². The maximum absolute atomic E-state index is 11.9. The van der Waals surface area contributed by atoms with Crippen molar-refractivity contribution >= 4 is 11.6 Å². The number of benzene rings is 2. The monoisotopic (exact) mass is 294 g/mol. The number of hydrogen-bond acceptors (Lipinski definition) is 2. The first-order valence-electron chi connectivity index (χ1n) is 7.96. The fourth-order valence-electron chi connectivity index (χ4n) is 2.84. The summed E-state index contributed by atoms with van der Waals surface area (Å²) in [5.41, 5.74) is 3.48. The molecule has 22 heavy (non-hydrogen) atoms. The van der Waals surface area contributed by atoms with Gasteiger partial charge in [-0.1, -0.05) is 42.5 Å². The highest BCUT2D eigenvalue weighted by Crippen LogP contribution is 2.20. The second-order valence-corrected chi connectivity index (χ2v) is 5.80. The van der Waals surface area contributed by atoms with E-state index >= 15 is 0 Å². The van der Waals surface area contributed by atoms with Gasteiger partial charge in [0.05, 0.1) is 6.42 Å². The molecule has 1 N–H and O–H groups in total. The van der Waals surface area contributed by atoms with Crippen molar-refractivity contribution in [3.63, 3.8) is 0 Å². The lowest BCUT2D eigenvalue weighted by atomic mass is 10.1. The van der Waals surface area contributed by atoms with E-state index in [1.165, 1.54) is 18.5 Å². The Bertz CT molecular complexity index is 601. The molecule has 1 fully saturated rings. The minimum absolute atomic E-state index is 0.0646. The van der Waals surface area contributed by atoms with E-state index in [1.54, 1.807) is 0 Å². The van der Waals surface area contributed by atoms with Crippen molar-refractivity contribution in [2.24, 2.45) is 0 Å². The molecule has 3 rings (SSSR count). The van der Waals surface area contributed by atoms with E-state index in [9.17, 15) is 4.79 Å². The zero-order valence-corrected chi connectivity index (χ0v) is 12.8. The molecule has 0 spiro atoms. The number of rotatable bonds is 5. The summed E-state index contributed by atoms with van der Waals surface area (Å²) in [6.07, 6.45) is 3.02. The van der Waals surface area contributed by atoms with Crippen molar-refractivity contribution in [3.05, 3.63) is 65.7 Å². The summed E-state index contributed by atoms with van der Waals surface area (Å²) < 4.78 is 0. The zero-order valence-electron chi connectivity index (χ0n) is 12.8. The standard InChI is InChI=1S/C19H22N2O/c22-19(14-16-6-2-1-3-7-16)20-15-17-8-10-18(11-9-17)21-12-4-5-13-21/h1-3,6-11H,4-5,12-15H2,(H,20,22). The Hall–Kier alpha value is -2.29. The van der Waals surface area contributed by atoms with Crippen LogP contribution in [0.15, 0.2) is 54.6 Å². The third kappa shape index (κ3) is 3.88. The van der Waals surface area contributed by atoms with Gasteiger partial charge in [0.25, 0.3) is 0 Å². The molecule has 1 saturated heterocycles. The lowest BCUT2D eigenvalue weighted by molar-refractivity contribution is -0.120. The second kappa shape index (κ2) is 7.12. The Balaban J connectivity index is 1.49. The molecular formula is C19H22N2O. The molecule has 0 aromatic heterocycles. The third-order valence-corrected chi connectivity index (χ3v) is 4.10. The van der Waals surface area contributed by atoms with Crippen LogP contribution >= 0.6 is 0 Å². The first-order valence-corrected chi connectivity index (χ1v) is 7.96. The summed E-state index contributed by atoms with van der Waals surface area (Å²) in [5, 5.41) is 2.98. The predicted octanol–water partition coefficient (Wildman–Crippen LogP) is 3.15. The molecule has 3 heteroatoms. The molecule has 1 heterocycles. The van der Waals surface area contributed by atoms with Crippen LogP contribution in [0.1, 0.15) is 24.0 Å². The highest BCUT2D eigenvalue weighted by atomic mass is 16.1. The number of nitrogens with zero attached hydrogens (tertiary/aromatic N) is 1. The lowest BCUT2D eigenvalue weighted by Gasteiger charge is -2.17. The Kier molecular flexibility index (Phi) is 4.74. The van der Waals surface area contributed by atoms with E-state index < -0.39 is 0 Å². The van der Waals surface area contributed by atoms with Crippen LogP contribution < -0.4 is 10.2 Å². The van der Waals surface area contributed by atoms with E-state index in [0.717, 1.165) is 24.2 Å². The molecule has 3 nitrogen and oxygen atoms in total. The van der Waals surface area contributed by atoms with Crippen molar-refractivity contribution in [2.75, 3.05) is 18.0 Å². The molecule has 2 aromatic carbocycles. The van der Waals surface area contributed by atoms with Crippen LogP contribution in [0.25, 0.3) is 0 Å². The van der Waals surface area contributed by atoms with Crippen LogP contribution in [-0.4, -0.2) is 19.0 Å². The Labute approximate surface area is 132 Å². The van der Waals surface area contributed by atoms with E-state index in [2.05, 4.69) is 34.5 Å². The molecule has 0 unspecified atom stereocenters. The topological polar surface area (TPSA) is 32.3 Å². The van der Waals surface area contributed by atoms with Gasteiger partial charge in [-0.05, 0) is 36.1 Å². The van der Waals surface area contributed by atoms with Gasteiger partial charge >= 0.3 is 0 Å². The van der Waals surface area contributed by atoms with E-state index in [0.29, 0.717) is 13.0 Å². The number of anilines is 1. The van der Waals surface area contributed by atoms with Gasteiger partial charge < -0.3 is 10.2 Å². The van der Waals surface area contributed by atoms with Crippen LogP contribution in [0, 0.1) is 0 Å². The molecule has 1 aliphatic heterocycles. The molecule has 1 aliphatic rings. The fraction of sp³-hybridized carbons (Fsp3) is 0.316. The van der Waals surface area contributed by atoms with E-state index in [4.69, 9.17) is 0 Å². The molecule has 0 saturated carbocycles. The number of carbonyl (C=O) groups is 1. The third-order valence-electron chi connectivity index (χ3n) is 4.10. The van der Waals surface area contributed by atoms with Gasteiger partial charge in [0.2, 0.25) is 5.91 Å². The van der Waals surface area contributed by atoms with Crippen molar-refractivity contribution in [1.82, 2.24) is 5.32 Å². The highest BCUT2D eigenvalue weighted by Gasteiger charge is 2.11. The first kappa shape index (κ1) is 14.6. The Morgan fingerprint density at radius 2 is 1.59 bits per heavy atom. The van der Waals surface area contributed by atoms with Gasteiger partial charge in [-0.3, -0.25) is 4.79 Å². The van der Waals surface area contributed by atoms with Gasteiger partial charge in [-0.15, -0.1) is 0 Å². The zero-order chi connectivity index (χ0) is 15.2. The summed E-state index contributed by atoms with van der Waals surface area (Å²) in [4.78, 5) is 14.4. The molecule has 0 bridgehead atoms. The maximum atomic E-state index is 11.9. The molecule has 1 amide bonds. The van der Waals surface area contributed by atoms with Crippen LogP contribution in [-0.2, 0) is 17.8 Å². The molecule has 114 valence electrons. The molecule has 0 aliphatic carbocycles. The number of hydrogen-bond donors (Lipinski definition) is 1. The minimum atomic E-state index is 0.0646. The van der Waals surface area contributed by atoms with E-state index in [-0.39, 0.29) is 5.91 Å². The van der Waals surface area contributed by atoms with Gasteiger partial charge in [0.1, 0.15) is 0 Å². The summed E-state index contributed by atoms with van der Waals surface area (Å²) in [7, 11) is 0. The number of amides is 1. The Morgan fingerprint density at radius 3 is 2.27 bits per heavy atom. The predicted molar refractivity (Wildman–Crippen MR) is 89.9 cm³/mol. The van der Waals surface area contributed by atoms with Crippen LogP contribution in [0.2, 0.25) is 0 Å². The maximum Gasteiger partial charge on any atom is 0.224 e. The fourth-order valence-corrected chi connectivity index (χ4v) is 2.84. The van der Waals surface area contributed by atoms with Gasteiger partial charge in [-0.2, -0.15) is 0 Å². The second-order valence-electron chi connectivity index (χ2n) is 5.80. The quantitative estimate of drug-likeness (QED) is 0.919. The average molecular weight is 294 g/mol. The summed E-state index contributed by atoms with van der Waals surface area (Å²) in [6, 6.07) is 18.4. The summed E-state index contributed by atoms with van der Waals surface area (Å²) in [6.45, 7) is 2.91. The molecule has 0 atom stereocenters. The average Bonchev–Trinajstić information content (AvgIpc) is 3.09. The molecular weight excluding hydrogens is 272 g/mol. The van der Waals surface area contributed by atoms with Gasteiger partial charge in [-0.25, -0.2) is 0 Å².